The molecule has 0 unspecified atom stereocenters. The topological polar surface area (TPSA) is 86.8 Å². The molecule has 1 N–H and O–H groups in total. The Kier molecular flexibility index (Phi) is 10.7. The first kappa shape index (κ1) is 30.4. The second kappa shape index (κ2) is 13.1. The van der Waals surface area contributed by atoms with Gasteiger partial charge in [-0.2, -0.15) is 0 Å². The van der Waals surface area contributed by atoms with Gasteiger partial charge in [0.05, 0.1) is 11.9 Å². The van der Waals surface area contributed by atoms with Crippen molar-refractivity contribution in [2.45, 2.75) is 85.4 Å². The third kappa shape index (κ3) is 9.50. The molecule has 2 rings (SSSR count). The molecule has 0 bridgehead atoms. The van der Waals surface area contributed by atoms with E-state index in [1.807, 2.05) is 77.9 Å². The van der Waals surface area contributed by atoms with Crippen LogP contribution in [0.15, 0.2) is 48.5 Å². The van der Waals surface area contributed by atoms with E-state index in [1.165, 1.54) is 10.6 Å². The Morgan fingerprint density at radius 1 is 1.00 bits per heavy atom. The van der Waals surface area contributed by atoms with Gasteiger partial charge in [-0.05, 0) is 70.2 Å². The van der Waals surface area contributed by atoms with Gasteiger partial charge in [-0.1, -0.05) is 55.8 Å². The summed E-state index contributed by atoms with van der Waals surface area (Å²) in [5, 5.41) is 3.01. The lowest BCUT2D eigenvalue weighted by Crippen LogP contribution is -2.53. The molecule has 0 fully saturated rings. The molecule has 2 aromatic rings. The summed E-state index contributed by atoms with van der Waals surface area (Å²) in [6.45, 7) is 12.2. The minimum absolute atomic E-state index is 0.129. The summed E-state index contributed by atoms with van der Waals surface area (Å²) in [4.78, 5) is 28.3. The molecule has 0 radical (unpaired) electrons. The maximum atomic E-state index is 13.5. The highest BCUT2D eigenvalue weighted by Crippen LogP contribution is 2.21. The number of carbonyl (C=O) groups is 2. The first-order valence-corrected chi connectivity index (χ1v) is 14.8. The molecule has 0 aliphatic carbocycles. The van der Waals surface area contributed by atoms with E-state index in [-0.39, 0.29) is 24.8 Å². The highest BCUT2D eigenvalue weighted by Gasteiger charge is 2.30. The van der Waals surface area contributed by atoms with Crippen molar-refractivity contribution in [2.24, 2.45) is 0 Å². The van der Waals surface area contributed by atoms with Gasteiger partial charge in [0.25, 0.3) is 0 Å². The Bertz CT molecular complexity index is 1150. The van der Waals surface area contributed by atoms with Crippen molar-refractivity contribution in [1.82, 2.24) is 10.2 Å². The number of hydrogen-bond acceptors (Lipinski definition) is 4. The van der Waals surface area contributed by atoms with Crippen molar-refractivity contribution in [2.75, 3.05) is 17.1 Å². The Morgan fingerprint density at radius 2 is 1.65 bits per heavy atom. The molecule has 1 atom stereocenters. The molecule has 2 aromatic carbocycles. The lowest BCUT2D eigenvalue weighted by atomic mass is 10.0. The second-order valence-corrected chi connectivity index (χ2v) is 12.5. The molecule has 0 spiro atoms. The predicted octanol–water partition coefficient (Wildman–Crippen LogP) is 4.83. The third-order valence-corrected chi connectivity index (χ3v) is 7.30. The standard InChI is InChI=1S/C29H43N3O4S/c1-8-23-15-17-25(18-16-23)32(37(7,35)36)19-11-14-27(33)31(21-24-13-10-12-22(3)20-24)26(9-2)28(34)30-29(4,5)6/h10,12-13,15-18,20,26H,8-9,11,14,19,21H2,1-7H3,(H,30,34)/t26-/m0/s1. The minimum atomic E-state index is -3.52. The summed E-state index contributed by atoms with van der Waals surface area (Å²) in [7, 11) is -3.52. The van der Waals surface area contributed by atoms with Crippen LogP contribution in [0.4, 0.5) is 5.69 Å². The molecule has 7 nitrogen and oxygen atoms in total. The van der Waals surface area contributed by atoms with E-state index in [0.29, 0.717) is 25.1 Å². The summed E-state index contributed by atoms with van der Waals surface area (Å²) >= 11 is 0. The van der Waals surface area contributed by atoms with Gasteiger partial charge in [0.2, 0.25) is 21.8 Å². The van der Waals surface area contributed by atoms with Crippen LogP contribution in [0.25, 0.3) is 0 Å². The number of benzene rings is 2. The number of carbonyl (C=O) groups excluding carboxylic acids is 2. The molecule has 8 heteroatoms. The van der Waals surface area contributed by atoms with Crippen LogP contribution in [0.5, 0.6) is 0 Å². The zero-order valence-electron chi connectivity index (χ0n) is 23.4. The van der Waals surface area contributed by atoms with E-state index >= 15 is 0 Å². The molecule has 2 amide bonds. The lowest BCUT2D eigenvalue weighted by Gasteiger charge is -2.33. The Morgan fingerprint density at radius 3 is 2.16 bits per heavy atom. The highest BCUT2D eigenvalue weighted by molar-refractivity contribution is 7.92. The lowest BCUT2D eigenvalue weighted by molar-refractivity contribution is -0.142. The van der Waals surface area contributed by atoms with E-state index in [9.17, 15) is 18.0 Å². The van der Waals surface area contributed by atoms with Gasteiger partial charge in [0, 0.05) is 25.0 Å². The number of hydrogen-bond donors (Lipinski definition) is 1. The zero-order chi connectivity index (χ0) is 27.8. The molecule has 0 aliphatic heterocycles. The van der Waals surface area contributed by atoms with E-state index in [1.54, 1.807) is 17.0 Å². The van der Waals surface area contributed by atoms with Crippen LogP contribution in [0.3, 0.4) is 0 Å². The van der Waals surface area contributed by atoms with E-state index in [4.69, 9.17) is 0 Å². The van der Waals surface area contributed by atoms with Gasteiger partial charge >= 0.3 is 0 Å². The van der Waals surface area contributed by atoms with Crippen molar-refractivity contribution in [1.29, 1.82) is 0 Å². The van der Waals surface area contributed by atoms with Crippen molar-refractivity contribution >= 4 is 27.5 Å². The number of amides is 2. The van der Waals surface area contributed by atoms with Crippen LogP contribution in [0.1, 0.15) is 70.6 Å². The molecule has 0 saturated carbocycles. The molecular weight excluding hydrogens is 486 g/mol. The van der Waals surface area contributed by atoms with Crippen molar-refractivity contribution in [3.8, 4) is 0 Å². The highest BCUT2D eigenvalue weighted by atomic mass is 32.2. The summed E-state index contributed by atoms with van der Waals surface area (Å²) in [5.74, 6) is -0.364. The van der Waals surface area contributed by atoms with Crippen LogP contribution in [-0.4, -0.2) is 49.5 Å². The van der Waals surface area contributed by atoms with Crippen LogP contribution < -0.4 is 9.62 Å². The molecule has 37 heavy (non-hydrogen) atoms. The molecule has 204 valence electrons. The van der Waals surface area contributed by atoms with Crippen molar-refractivity contribution in [3.05, 3.63) is 65.2 Å². The minimum Gasteiger partial charge on any atom is -0.350 e. The third-order valence-electron chi connectivity index (χ3n) is 6.10. The molecular formula is C29H43N3O4S. The second-order valence-electron chi connectivity index (χ2n) is 10.6. The normalized spacial score (nSPS) is 12.6. The first-order chi connectivity index (χ1) is 17.2. The van der Waals surface area contributed by atoms with Gasteiger partial charge in [-0.3, -0.25) is 13.9 Å². The fourth-order valence-corrected chi connectivity index (χ4v) is 5.25. The van der Waals surface area contributed by atoms with E-state index < -0.39 is 21.6 Å². The van der Waals surface area contributed by atoms with Crippen LogP contribution in [-0.2, 0) is 32.6 Å². The first-order valence-electron chi connectivity index (χ1n) is 13.0. The monoisotopic (exact) mass is 529 g/mol. The molecule has 0 heterocycles. The van der Waals surface area contributed by atoms with Crippen LogP contribution in [0, 0.1) is 6.92 Å². The van der Waals surface area contributed by atoms with Gasteiger partial charge < -0.3 is 10.2 Å². The van der Waals surface area contributed by atoms with E-state index in [2.05, 4.69) is 5.32 Å². The SMILES string of the molecule is CCc1ccc(N(CCCC(=O)N(Cc2cccc(C)c2)[C@@H](CC)C(=O)NC(C)(C)C)S(C)(=O)=O)cc1. The smallest absolute Gasteiger partial charge is 0.243 e. The van der Waals surface area contributed by atoms with Gasteiger partial charge in [0.1, 0.15) is 6.04 Å². The van der Waals surface area contributed by atoms with Gasteiger partial charge in [-0.25, -0.2) is 8.42 Å². The maximum Gasteiger partial charge on any atom is 0.243 e. The molecule has 0 aliphatic rings. The summed E-state index contributed by atoms with van der Waals surface area (Å²) in [6, 6.07) is 14.7. The Labute approximate surface area is 223 Å². The quantitative estimate of drug-likeness (QED) is 0.427. The Hall–Kier alpha value is -2.87. The zero-order valence-corrected chi connectivity index (χ0v) is 24.2. The number of nitrogens with one attached hydrogen (secondary N) is 1. The number of anilines is 1. The number of aryl methyl sites for hydroxylation is 2. The average Bonchev–Trinajstić information content (AvgIpc) is 2.80. The predicted molar refractivity (Wildman–Crippen MR) is 151 cm³/mol. The fourth-order valence-electron chi connectivity index (χ4n) is 4.28. The van der Waals surface area contributed by atoms with Crippen LogP contribution in [0.2, 0.25) is 0 Å². The van der Waals surface area contributed by atoms with Crippen molar-refractivity contribution in [3.63, 3.8) is 0 Å². The van der Waals surface area contributed by atoms with Gasteiger partial charge in [0.15, 0.2) is 0 Å². The maximum absolute atomic E-state index is 13.5. The number of rotatable bonds is 12. The Balaban J connectivity index is 2.23. The largest absolute Gasteiger partial charge is 0.350 e. The van der Waals surface area contributed by atoms with E-state index in [0.717, 1.165) is 23.1 Å². The summed E-state index contributed by atoms with van der Waals surface area (Å²) in [5.41, 5.74) is 3.31. The van der Waals surface area contributed by atoms with Crippen LogP contribution >= 0.6 is 0 Å². The molecule has 0 aromatic heterocycles. The fraction of sp³-hybridized carbons (Fsp3) is 0.517. The summed E-state index contributed by atoms with van der Waals surface area (Å²) in [6.07, 6.45) is 2.98. The molecule has 0 saturated heterocycles. The van der Waals surface area contributed by atoms with Gasteiger partial charge in [-0.15, -0.1) is 0 Å². The number of sulfonamides is 1. The average molecular weight is 530 g/mol. The summed E-state index contributed by atoms with van der Waals surface area (Å²) < 4.78 is 26.4. The van der Waals surface area contributed by atoms with Crippen molar-refractivity contribution < 1.29 is 18.0 Å². The number of nitrogens with zero attached hydrogens (tertiary/aromatic N) is 2.